The van der Waals surface area contributed by atoms with Crippen LogP contribution in [-0.2, 0) is 0 Å². The van der Waals surface area contributed by atoms with Crippen LogP contribution in [0.4, 0.5) is 0 Å². The summed E-state index contributed by atoms with van der Waals surface area (Å²) >= 11 is 7.09. The van der Waals surface area contributed by atoms with Crippen molar-refractivity contribution < 1.29 is 5.11 Å². The van der Waals surface area contributed by atoms with Gasteiger partial charge in [-0.25, -0.2) is 4.98 Å². The summed E-state index contributed by atoms with van der Waals surface area (Å²) in [5.41, 5.74) is 0.935. The van der Waals surface area contributed by atoms with E-state index in [4.69, 9.17) is 11.6 Å². The summed E-state index contributed by atoms with van der Waals surface area (Å²) in [6, 6.07) is 7.01. The molecule has 0 amide bonds. The number of phenols is 1. The second-order valence-electron chi connectivity index (χ2n) is 2.53. The minimum atomic E-state index is 0.252. The minimum Gasteiger partial charge on any atom is -0.508 e. The van der Waals surface area contributed by atoms with Gasteiger partial charge in [-0.05, 0) is 17.7 Å². The topological polar surface area (TPSA) is 33.1 Å². The summed E-state index contributed by atoms with van der Waals surface area (Å²) in [6.45, 7) is 0. The number of phenolic OH excluding ortho intramolecular Hbond substituents is 1. The second-order valence-corrected chi connectivity index (χ2v) is 4.14. The highest BCUT2D eigenvalue weighted by atomic mass is 35.5. The monoisotopic (exact) mass is 211 g/mol. The van der Waals surface area contributed by atoms with E-state index < -0.39 is 0 Å². The molecule has 4 heteroatoms. The maximum atomic E-state index is 9.23. The Bertz CT molecular complexity index is 427. The van der Waals surface area contributed by atoms with Gasteiger partial charge >= 0.3 is 0 Å². The lowest BCUT2D eigenvalue weighted by Gasteiger charge is -1.96. The number of hydrogen-bond donors (Lipinski definition) is 1. The first-order valence-corrected chi connectivity index (χ1v) is 4.86. The van der Waals surface area contributed by atoms with Gasteiger partial charge in [-0.1, -0.05) is 23.7 Å². The highest BCUT2D eigenvalue weighted by Crippen LogP contribution is 2.30. The molecule has 0 radical (unpaired) electrons. The Hall–Kier alpha value is -1.06. The molecular formula is C9H6ClNOS. The zero-order chi connectivity index (χ0) is 9.26. The van der Waals surface area contributed by atoms with E-state index in [1.165, 1.54) is 11.3 Å². The summed E-state index contributed by atoms with van der Waals surface area (Å²) in [4.78, 5) is 4.88. The molecule has 0 atom stereocenters. The summed E-state index contributed by atoms with van der Waals surface area (Å²) in [7, 11) is 0. The second kappa shape index (κ2) is 3.36. The van der Waals surface area contributed by atoms with Gasteiger partial charge in [0.1, 0.15) is 5.75 Å². The molecule has 2 aromatic rings. The van der Waals surface area contributed by atoms with Gasteiger partial charge in [-0.2, -0.15) is 0 Å². The number of aromatic hydroxyl groups is 1. The molecule has 0 aliphatic heterocycles. The molecular weight excluding hydrogens is 206 g/mol. The first-order valence-electron chi connectivity index (χ1n) is 3.66. The summed E-state index contributed by atoms with van der Waals surface area (Å²) < 4.78 is 0.512. The average Bonchev–Trinajstić information content (AvgIpc) is 2.52. The minimum absolute atomic E-state index is 0.252. The average molecular weight is 212 g/mol. The predicted molar refractivity (Wildman–Crippen MR) is 54.2 cm³/mol. The number of nitrogens with zero attached hydrogens (tertiary/aromatic N) is 1. The third-order valence-electron chi connectivity index (χ3n) is 1.61. The lowest BCUT2D eigenvalue weighted by atomic mass is 10.2. The molecule has 66 valence electrons. The molecule has 2 nitrogen and oxygen atoms in total. The Morgan fingerprint density at radius 1 is 1.38 bits per heavy atom. The number of benzene rings is 1. The molecule has 1 aromatic heterocycles. The van der Waals surface area contributed by atoms with E-state index >= 15 is 0 Å². The fourth-order valence-electron chi connectivity index (χ4n) is 1.05. The quantitative estimate of drug-likeness (QED) is 0.786. The number of hydrogen-bond acceptors (Lipinski definition) is 3. The molecule has 0 bridgehead atoms. The molecule has 13 heavy (non-hydrogen) atoms. The van der Waals surface area contributed by atoms with Crippen molar-refractivity contribution in [2.75, 3.05) is 0 Å². The van der Waals surface area contributed by atoms with E-state index in [1.807, 2.05) is 6.07 Å². The molecule has 0 unspecified atom stereocenters. The van der Waals surface area contributed by atoms with Gasteiger partial charge in [0.25, 0.3) is 0 Å². The highest BCUT2D eigenvalue weighted by Gasteiger charge is 2.02. The smallest absolute Gasteiger partial charge is 0.184 e. The number of aromatic nitrogens is 1. The number of rotatable bonds is 1. The van der Waals surface area contributed by atoms with Crippen LogP contribution in [0.3, 0.4) is 0 Å². The molecule has 0 fully saturated rings. The van der Waals surface area contributed by atoms with E-state index in [-0.39, 0.29) is 5.75 Å². The van der Waals surface area contributed by atoms with E-state index in [0.717, 1.165) is 10.4 Å². The van der Waals surface area contributed by atoms with Crippen molar-refractivity contribution in [1.29, 1.82) is 0 Å². The maximum Gasteiger partial charge on any atom is 0.184 e. The molecule has 0 aliphatic carbocycles. The molecule has 1 N–H and O–H groups in total. The van der Waals surface area contributed by atoms with Gasteiger partial charge in [0, 0.05) is 6.20 Å². The standard InChI is InChI=1S/C9H6ClNOS/c10-9-11-5-8(13-9)6-2-1-3-7(12)4-6/h1-5,12H. The first-order chi connectivity index (χ1) is 6.25. The molecule has 2 rings (SSSR count). The predicted octanol–water partition coefficient (Wildman–Crippen LogP) is 3.17. The van der Waals surface area contributed by atoms with Crippen LogP contribution in [0.5, 0.6) is 5.75 Å². The van der Waals surface area contributed by atoms with Crippen molar-refractivity contribution in [3.8, 4) is 16.2 Å². The Labute approximate surface area is 84.4 Å². The van der Waals surface area contributed by atoms with Crippen LogP contribution >= 0.6 is 22.9 Å². The van der Waals surface area contributed by atoms with Crippen LogP contribution in [0.1, 0.15) is 0 Å². The lowest BCUT2D eigenvalue weighted by Crippen LogP contribution is -1.70. The normalized spacial score (nSPS) is 10.2. The van der Waals surface area contributed by atoms with Gasteiger partial charge in [-0.15, -0.1) is 11.3 Å². The maximum absolute atomic E-state index is 9.23. The third-order valence-corrected chi connectivity index (χ3v) is 2.77. The molecule has 0 saturated carbocycles. The Balaban J connectivity index is 2.46. The largest absolute Gasteiger partial charge is 0.508 e. The first kappa shape index (κ1) is 8.53. The van der Waals surface area contributed by atoms with Crippen LogP contribution in [0.15, 0.2) is 30.5 Å². The molecule has 0 saturated heterocycles. The number of thiazole rings is 1. The molecule has 0 spiro atoms. The van der Waals surface area contributed by atoms with Crippen molar-refractivity contribution in [1.82, 2.24) is 4.98 Å². The zero-order valence-corrected chi connectivity index (χ0v) is 8.14. The fourth-order valence-corrected chi connectivity index (χ4v) is 1.98. The summed E-state index contributed by atoms with van der Waals surface area (Å²) in [5.74, 6) is 0.252. The van der Waals surface area contributed by atoms with Crippen LogP contribution < -0.4 is 0 Å². The van der Waals surface area contributed by atoms with E-state index in [2.05, 4.69) is 4.98 Å². The van der Waals surface area contributed by atoms with Crippen molar-refractivity contribution in [3.05, 3.63) is 34.9 Å². The van der Waals surface area contributed by atoms with Crippen molar-refractivity contribution >= 4 is 22.9 Å². The van der Waals surface area contributed by atoms with Crippen LogP contribution in [0.2, 0.25) is 4.47 Å². The van der Waals surface area contributed by atoms with Crippen molar-refractivity contribution in [2.45, 2.75) is 0 Å². The zero-order valence-electron chi connectivity index (χ0n) is 6.57. The van der Waals surface area contributed by atoms with E-state index in [0.29, 0.717) is 4.47 Å². The van der Waals surface area contributed by atoms with Gasteiger partial charge in [-0.3, -0.25) is 0 Å². The Kier molecular flexibility index (Phi) is 2.20. The van der Waals surface area contributed by atoms with Gasteiger partial charge in [0.05, 0.1) is 4.88 Å². The van der Waals surface area contributed by atoms with Crippen LogP contribution in [-0.4, -0.2) is 10.1 Å². The molecule has 0 aliphatic rings. The van der Waals surface area contributed by atoms with E-state index in [9.17, 15) is 5.11 Å². The Morgan fingerprint density at radius 2 is 2.23 bits per heavy atom. The Morgan fingerprint density at radius 3 is 2.85 bits per heavy atom. The van der Waals surface area contributed by atoms with Crippen molar-refractivity contribution in [2.24, 2.45) is 0 Å². The summed E-state index contributed by atoms with van der Waals surface area (Å²) in [6.07, 6.45) is 1.70. The fraction of sp³-hybridized carbons (Fsp3) is 0. The van der Waals surface area contributed by atoms with Gasteiger partial charge in [0.15, 0.2) is 4.47 Å². The molecule has 1 heterocycles. The van der Waals surface area contributed by atoms with Crippen molar-refractivity contribution in [3.63, 3.8) is 0 Å². The SMILES string of the molecule is Oc1cccc(-c2cnc(Cl)s2)c1. The molecule has 1 aromatic carbocycles. The van der Waals surface area contributed by atoms with Gasteiger partial charge in [0.2, 0.25) is 0 Å². The van der Waals surface area contributed by atoms with Crippen LogP contribution in [0.25, 0.3) is 10.4 Å². The third kappa shape index (κ3) is 1.82. The van der Waals surface area contributed by atoms with Crippen LogP contribution in [0, 0.1) is 0 Å². The lowest BCUT2D eigenvalue weighted by molar-refractivity contribution is 0.475. The highest BCUT2D eigenvalue weighted by molar-refractivity contribution is 7.18. The summed E-state index contributed by atoms with van der Waals surface area (Å²) in [5, 5.41) is 9.23. The van der Waals surface area contributed by atoms with Gasteiger partial charge < -0.3 is 5.11 Å². The number of halogens is 1. The van der Waals surface area contributed by atoms with E-state index in [1.54, 1.807) is 24.4 Å².